The van der Waals surface area contributed by atoms with E-state index in [1.165, 1.54) is 0 Å². The second kappa shape index (κ2) is 5.01. The number of hydrogen-bond acceptors (Lipinski definition) is 4. The Labute approximate surface area is 119 Å². The lowest BCUT2D eigenvalue weighted by atomic mass is 10.1. The molecule has 1 aliphatic heterocycles. The molecular formula is C14H12BrNO3. The summed E-state index contributed by atoms with van der Waals surface area (Å²) in [5.41, 5.74) is 1.76. The first kappa shape index (κ1) is 12.2. The molecule has 1 aliphatic rings. The number of benzene rings is 2. The Morgan fingerprint density at radius 3 is 2.53 bits per heavy atom. The van der Waals surface area contributed by atoms with Crippen LogP contribution < -0.4 is 14.8 Å². The molecule has 0 spiro atoms. The van der Waals surface area contributed by atoms with Gasteiger partial charge in [-0.2, -0.15) is 0 Å². The molecule has 98 valence electrons. The maximum Gasteiger partial charge on any atom is 0.231 e. The second-order valence-corrected chi connectivity index (χ2v) is 5.11. The van der Waals surface area contributed by atoms with E-state index >= 15 is 0 Å². The van der Waals surface area contributed by atoms with Crippen LogP contribution in [-0.4, -0.2) is 11.9 Å². The van der Waals surface area contributed by atoms with Crippen LogP contribution in [0.15, 0.2) is 40.9 Å². The van der Waals surface area contributed by atoms with Crippen LogP contribution in [0, 0.1) is 0 Å². The highest BCUT2D eigenvalue weighted by molar-refractivity contribution is 9.10. The average molecular weight is 322 g/mol. The van der Waals surface area contributed by atoms with E-state index < -0.39 is 0 Å². The van der Waals surface area contributed by atoms with Gasteiger partial charge in [0, 0.05) is 28.3 Å². The number of ether oxygens (including phenoxy) is 2. The Morgan fingerprint density at radius 1 is 1.11 bits per heavy atom. The summed E-state index contributed by atoms with van der Waals surface area (Å²) in [6, 6.07) is 11.2. The van der Waals surface area contributed by atoms with Crippen LogP contribution in [0.25, 0.3) is 0 Å². The first-order valence-corrected chi connectivity index (χ1v) is 6.62. The minimum Gasteiger partial charge on any atom is -0.507 e. The van der Waals surface area contributed by atoms with Gasteiger partial charge in [-0.25, -0.2) is 0 Å². The number of rotatable bonds is 3. The number of hydrogen-bond donors (Lipinski definition) is 2. The monoisotopic (exact) mass is 321 g/mol. The zero-order valence-corrected chi connectivity index (χ0v) is 11.6. The minimum atomic E-state index is 0.203. The van der Waals surface area contributed by atoms with Gasteiger partial charge in [0.25, 0.3) is 0 Å². The van der Waals surface area contributed by atoms with Crippen molar-refractivity contribution in [1.82, 2.24) is 0 Å². The number of phenolic OH excluding ortho intramolecular Hbond substituents is 1. The van der Waals surface area contributed by atoms with Gasteiger partial charge in [-0.15, -0.1) is 0 Å². The van der Waals surface area contributed by atoms with Gasteiger partial charge in [0.1, 0.15) is 5.75 Å². The van der Waals surface area contributed by atoms with Crippen molar-refractivity contribution in [3.63, 3.8) is 0 Å². The molecule has 2 aromatic carbocycles. The summed E-state index contributed by atoms with van der Waals surface area (Å²) in [5.74, 6) is 1.46. The van der Waals surface area contributed by atoms with Crippen LogP contribution in [-0.2, 0) is 6.54 Å². The van der Waals surface area contributed by atoms with Crippen LogP contribution in [0.5, 0.6) is 17.2 Å². The molecular weight excluding hydrogens is 310 g/mol. The zero-order valence-electron chi connectivity index (χ0n) is 10.0. The summed E-state index contributed by atoms with van der Waals surface area (Å²) in [6.45, 7) is 0.725. The van der Waals surface area contributed by atoms with E-state index in [9.17, 15) is 5.11 Å². The fourth-order valence-electron chi connectivity index (χ4n) is 1.88. The molecule has 3 rings (SSSR count). The maximum atomic E-state index is 9.91. The number of anilines is 1. The van der Waals surface area contributed by atoms with Gasteiger partial charge in [0.2, 0.25) is 6.79 Å². The molecule has 0 atom stereocenters. The number of fused-ring (bicyclic) bond motifs is 1. The second-order valence-electron chi connectivity index (χ2n) is 4.19. The number of phenols is 1. The third kappa shape index (κ3) is 2.61. The van der Waals surface area contributed by atoms with Gasteiger partial charge in [0.05, 0.1) is 0 Å². The van der Waals surface area contributed by atoms with Gasteiger partial charge in [0.15, 0.2) is 11.5 Å². The van der Waals surface area contributed by atoms with Crippen molar-refractivity contribution in [3.05, 3.63) is 46.4 Å². The minimum absolute atomic E-state index is 0.203. The summed E-state index contributed by atoms with van der Waals surface area (Å²) >= 11 is 3.39. The Balaban J connectivity index is 1.75. The lowest BCUT2D eigenvalue weighted by Crippen LogP contribution is -1.99. The Bertz CT molecular complexity index is 598. The van der Waals surface area contributed by atoms with Crippen molar-refractivity contribution in [3.8, 4) is 17.2 Å². The smallest absolute Gasteiger partial charge is 0.231 e. The Kier molecular flexibility index (Phi) is 3.21. The maximum absolute atomic E-state index is 9.91. The standard InChI is InChI=1S/C14H12BrNO3/c15-10-1-3-11(4-2-10)16-7-9-5-13-14(6-12(9)17)19-8-18-13/h1-6,16-17H,7-8H2. The van der Waals surface area contributed by atoms with Gasteiger partial charge in [-0.05, 0) is 30.3 Å². The molecule has 0 radical (unpaired) electrons. The van der Waals surface area contributed by atoms with Crippen LogP contribution in [0.4, 0.5) is 5.69 Å². The molecule has 1 heterocycles. The summed E-state index contributed by atoms with van der Waals surface area (Å²) in [4.78, 5) is 0. The summed E-state index contributed by atoms with van der Waals surface area (Å²) in [6.07, 6.45) is 0. The average Bonchev–Trinajstić information content (AvgIpc) is 2.85. The van der Waals surface area contributed by atoms with Crippen molar-refractivity contribution in [2.24, 2.45) is 0 Å². The molecule has 0 aliphatic carbocycles. The van der Waals surface area contributed by atoms with Crippen molar-refractivity contribution < 1.29 is 14.6 Å². The van der Waals surface area contributed by atoms with Crippen molar-refractivity contribution in [2.45, 2.75) is 6.54 Å². The van der Waals surface area contributed by atoms with Crippen LogP contribution in [0.2, 0.25) is 0 Å². The fraction of sp³-hybridized carbons (Fsp3) is 0.143. The Morgan fingerprint density at radius 2 is 1.79 bits per heavy atom. The molecule has 0 bridgehead atoms. The molecule has 0 amide bonds. The molecule has 0 aromatic heterocycles. The number of nitrogens with one attached hydrogen (secondary N) is 1. The molecule has 0 saturated heterocycles. The van der Waals surface area contributed by atoms with Crippen LogP contribution in [0.1, 0.15) is 5.56 Å². The molecule has 19 heavy (non-hydrogen) atoms. The summed E-state index contributed by atoms with van der Waals surface area (Å²) in [7, 11) is 0. The lowest BCUT2D eigenvalue weighted by Gasteiger charge is -2.09. The van der Waals surface area contributed by atoms with Gasteiger partial charge >= 0.3 is 0 Å². The molecule has 0 fully saturated rings. The molecule has 2 N–H and O–H groups in total. The largest absolute Gasteiger partial charge is 0.507 e. The normalized spacial score (nSPS) is 12.5. The highest BCUT2D eigenvalue weighted by Crippen LogP contribution is 2.37. The third-order valence-corrected chi connectivity index (χ3v) is 3.43. The van der Waals surface area contributed by atoms with Crippen molar-refractivity contribution in [1.29, 1.82) is 0 Å². The molecule has 4 nitrogen and oxygen atoms in total. The highest BCUT2D eigenvalue weighted by Gasteiger charge is 2.16. The first-order valence-electron chi connectivity index (χ1n) is 5.83. The van der Waals surface area contributed by atoms with E-state index in [-0.39, 0.29) is 12.5 Å². The quantitative estimate of drug-likeness (QED) is 0.908. The molecule has 0 saturated carbocycles. The summed E-state index contributed by atoms with van der Waals surface area (Å²) < 4.78 is 11.5. The topological polar surface area (TPSA) is 50.7 Å². The molecule has 2 aromatic rings. The van der Waals surface area contributed by atoms with E-state index in [4.69, 9.17) is 9.47 Å². The third-order valence-electron chi connectivity index (χ3n) is 2.90. The van der Waals surface area contributed by atoms with E-state index in [0.717, 1.165) is 15.7 Å². The summed E-state index contributed by atoms with van der Waals surface area (Å²) in [5, 5.41) is 13.2. The van der Waals surface area contributed by atoms with Crippen LogP contribution in [0.3, 0.4) is 0 Å². The van der Waals surface area contributed by atoms with E-state index in [2.05, 4.69) is 21.2 Å². The molecule has 0 unspecified atom stereocenters. The van der Waals surface area contributed by atoms with Crippen molar-refractivity contribution >= 4 is 21.6 Å². The van der Waals surface area contributed by atoms with E-state index in [0.29, 0.717) is 18.0 Å². The number of aromatic hydroxyl groups is 1. The fourth-order valence-corrected chi connectivity index (χ4v) is 2.14. The highest BCUT2D eigenvalue weighted by atomic mass is 79.9. The predicted molar refractivity (Wildman–Crippen MR) is 75.7 cm³/mol. The lowest BCUT2D eigenvalue weighted by molar-refractivity contribution is 0.174. The zero-order chi connectivity index (χ0) is 13.2. The van der Waals surface area contributed by atoms with Crippen molar-refractivity contribution in [2.75, 3.05) is 12.1 Å². The SMILES string of the molecule is Oc1cc2c(cc1CNc1ccc(Br)cc1)OCO2. The molecule has 5 heteroatoms. The van der Waals surface area contributed by atoms with E-state index in [1.54, 1.807) is 12.1 Å². The Hall–Kier alpha value is -1.88. The van der Waals surface area contributed by atoms with E-state index in [1.807, 2.05) is 24.3 Å². The van der Waals surface area contributed by atoms with Gasteiger partial charge in [-0.3, -0.25) is 0 Å². The predicted octanol–water partition coefficient (Wildman–Crippen LogP) is 3.50. The first-order chi connectivity index (χ1) is 9.22. The number of halogens is 1. The van der Waals surface area contributed by atoms with Gasteiger partial charge < -0.3 is 19.9 Å². The van der Waals surface area contributed by atoms with Gasteiger partial charge in [-0.1, -0.05) is 15.9 Å². The van der Waals surface area contributed by atoms with Crippen LogP contribution >= 0.6 is 15.9 Å².